The predicted octanol–water partition coefficient (Wildman–Crippen LogP) is 4.65. The summed E-state index contributed by atoms with van der Waals surface area (Å²) < 4.78 is 24.0. The van der Waals surface area contributed by atoms with Crippen LogP contribution in [0, 0.1) is 5.82 Å². The van der Waals surface area contributed by atoms with Crippen molar-refractivity contribution in [2.75, 3.05) is 27.3 Å². The number of nitrogens with one attached hydrogen (secondary N) is 1. The van der Waals surface area contributed by atoms with Crippen LogP contribution < -0.4 is 9.47 Å². The topological polar surface area (TPSA) is 54.6 Å². The molecule has 1 aromatic heterocycles. The maximum atomic E-state index is 13.4. The van der Waals surface area contributed by atoms with Gasteiger partial charge in [0.25, 0.3) is 0 Å². The zero-order chi connectivity index (χ0) is 21.1. The number of ether oxygens (including phenoxy) is 2. The Morgan fingerprint density at radius 3 is 2.77 bits per heavy atom. The highest BCUT2D eigenvalue weighted by Gasteiger charge is 2.18. The van der Waals surface area contributed by atoms with Gasteiger partial charge in [0.05, 0.1) is 14.2 Å². The molecule has 0 atom stereocenters. The molecule has 2 aromatic carbocycles. The van der Waals surface area contributed by atoms with Crippen molar-refractivity contribution < 1.29 is 18.7 Å². The largest absolute Gasteiger partial charge is 0.497 e. The van der Waals surface area contributed by atoms with E-state index in [1.165, 1.54) is 12.1 Å². The van der Waals surface area contributed by atoms with Gasteiger partial charge in [-0.1, -0.05) is 6.08 Å². The van der Waals surface area contributed by atoms with Gasteiger partial charge in [-0.25, -0.2) is 4.39 Å². The van der Waals surface area contributed by atoms with Crippen molar-refractivity contribution in [2.45, 2.75) is 6.42 Å². The molecule has 6 heteroatoms. The second kappa shape index (κ2) is 8.45. The van der Waals surface area contributed by atoms with Gasteiger partial charge in [-0.15, -0.1) is 0 Å². The molecule has 1 N–H and O–H groups in total. The summed E-state index contributed by atoms with van der Waals surface area (Å²) in [6.45, 7) is 1.16. The maximum absolute atomic E-state index is 13.4. The fourth-order valence-electron chi connectivity index (χ4n) is 3.70. The van der Waals surface area contributed by atoms with E-state index in [0.29, 0.717) is 24.6 Å². The Morgan fingerprint density at radius 2 is 2.03 bits per heavy atom. The molecule has 30 heavy (non-hydrogen) atoms. The molecule has 0 bridgehead atoms. The lowest BCUT2D eigenvalue weighted by Crippen LogP contribution is -2.33. The van der Waals surface area contributed by atoms with E-state index >= 15 is 0 Å². The number of rotatable bonds is 5. The summed E-state index contributed by atoms with van der Waals surface area (Å²) in [5, 5.41) is 0.994. The summed E-state index contributed by atoms with van der Waals surface area (Å²) in [6.07, 6.45) is 8.04. The van der Waals surface area contributed by atoms with Gasteiger partial charge in [0.2, 0.25) is 5.91 Å². The summed E-state index contributed by atoms with van der Waals surface area (Å²) in [7, 11) is 3.19. The average molecular weight is 406 g/mol. The zero-order valence-corrected chi connectivity index (χ0v) is 16.9. The number of nitrogens with zero attached hydrogens (tertiary/aromatic N) is 1. The van der Waals surface area contributed by atoms with Gasteiger partial charge < -0.3 is 19.4 Å². The van der Waals surface area contributed by atoms with Crippen molar-refractivity contribution >= 4 is 28.5 Å². The molecule has 0 unspecified atom stereocenters. The Kier molecular flexibility index (Phi) is 5.57. The SMILES string of the molecule is COc1ccc(C=CC(=O)N2CC=C(c3c[nH]c4cc(F)ccc34)CC2)c(OC)c1. The van der Waals surface area contributed by atoms with Crippen LogP contribution >= 0.6 is 0 Å². The molecular weight excluding hydrogens is 383 g/mol. The second-order valence-corrected chi connectivity index (χ2v) is 7.10. The van der Waals surface area contributed by atoms with Gasteiger partial charge in [-0.05, 0) is 48.4 Å². The molecule has 1 amide bonds. The van der Waals surface area contributed by atoms with E-state index in [1.807, 2.05) is 18.3 Å². The highest BCUT2D eigenvalue weighted by molar-refractivity contribution is 5.95. The van der Waals surface area contributed by atoms with Gasteiger partial charge in [0.15, 0.2) is 0 Å². The van der Waals surface area contributed by atoms with Crippen LogP contribution in [0.5, 0.6) is 11.5 Å². The fraction of sp³-hybridized carbons (Fsp3) is 0.208. The standard InChI is InChI=1S/C24H23FN2O3/c1-29-19-6-3-17(23(14-19)30-2)4-8-24(28)27-11-9-16(10-12-27)21-15-26-22-13-18(25)5-7-20(21)22/h3-9,13-15,26H,10-12H2,1-2H3. The molecule has 4 rings (SSSR count). The highest BCUT2D eigenvalue weighted by atomic mass is 19.1. The number of benzene rings is 2. The quantitative estimate of drug-likeness (QED) is 0.628. The number of methoxy groups -OCH3 is 2. The van der Waals surface area contributed by atoms with E-state index < -0.39 is 0 Å². The molecule has 3 aromatic rings. The van der Waals surface area contributed by atoms with Gasteiger partial charge in [0.1, 0.15) is 17.3 Å². The Hall–Kier alpha value is -3.54. The first kappa shape index (κ1) is 19.8. The van der Waals surface area contributed by atoms with E-state index in [9.17, 15) is 9.18 Å². The first-order chi connectivity index (χ1) is 14.6. The molecule has 1 aliphatic heterocycles. The Balaban J connectivity index is 1.46. The molecule has 0 radical (unpaired) electrons. The van der Waals surface area contributed by atoms with Crippen molar-refractivity contribution in [2.24, 2.45) is 0 Å². The van der Waals surface area contributed by atoms with E-state index in [4.69, 9.17) is 9.47 Å². The van der Waals surface area contributed by atoms with E-state index in [2.05, 4.69) is 11.1 Å². The third kappa shape index (κ3) is 3.94. The monoisotopic (exact) mass is 406 g/mol. The van der Waals surface area contributed by atoms with E-state index in [0.717, 1.165) is 34.0 Å². The smallest absolute Gasteiger partial charge is 0.246 e. The van der Waals surface area contributed by atoms with Crippen molar-refractivity contribution in [3.05, 3.63) is 71.7 Å². The summed E-state index contributed by atoms with van der Waals surface area (Å²) >= 11 is 0. The Bertz CT molecular complexity index is 1150. The lowest BCUT2D eigenvalue weighted by molar-refractivity contribution is -0.125. The van der Waals surface area contributed by atoms with Gasteiger partial charge in [-0.2, -0.15) is 0 Å². The van der Waals surface area contributed by atoms with Crippen LogP contribution in [0.25, 0.3) is 22.6 Å². The number of aromatic amines is 1. The maximum Gasteiger partial charge on any atom is 0.246 e. The minimum Gasteiger partial charge on any atom is -0.497 e. The first-order valence-corrected chi connectivity index (χ1v) is 9.74. The number of amides is 1. The fourth-order valence-corrected chi connectivity index (χ4v) is 3.70. The average Bonchev–Trinajstić information content (AvgIpc) is 3.20. The van der Waals surface area contributed by atoms with Gasteiger partial charge in [0, 0.05) is 53.5 Å². The number of halogens is 1. The molecular formula is C24H23FN2O3. The number of hydrogen-bond acceptors (Lipinski definition) is 3. The number of carbonyl (C=O) groups excluding carboxylic acids is 1. The summed E-state index contributed by atoms with van der Waals surface area (Å²) in [5.41, 5.74) is 3.82. The van der Waals surface area contributed by atoms with Crippen LogP contribution in [-0.2, 0) is 4.79 Å². The van der Waals surface area contributed by atoms with Crippen molar-refractivity contribution in [1.82, 2.24) is 9.88 Å². The molecule has 154 valence electrons. The molecule has 5 nitrogen and oxygen atoms in total. The van der Waals surface area contributed by atoms with Crippen molar-refractivity contribution in [3.63, 3.8) is 0 Å². The van der Waals surface area contributed by atoms with Crippen LogP contribution in [0.15, 0.2) is 54.7 Å². The molecule has 0 fully saturated rings. The molecule has 2 heterocycles. The third-order valence-electron chi connectivity index (χ3n) is 5.36. The molecule has 1 aliphatic rings. The minimum absolute atomic E-state index is 0.0517. The molecule has 0 spiro atoms. The van der Waals surface area contributed by atoms with Crippen molar-refractivity contribution in [1.29, 1.82) is 0 Å². The van der Waals surface area contributed by atoms with E-state index in [-0.39, 0.29) is 11.7 Å². The normalized spacial score (nSPS) is 14.2. The lowest BCUT2D eigenvalue weighted by Gasteiger charge is -2.25. The Morgan fingerprint density at radius 1 is 1.17 bits per heavy atom. The zero-order valence-electron chi connectivity index (χ0n) is 16.9. The number of fused-ring (bicyclic) bond motifs is 1. The van der Waals surface area contributed by atoms with Crippen LogP contribution in [0.3, 0.4) is 0 Å². The van der Waals surface area contributed by atoms with Crippen LogP contribution in [-0.4, -0.2) is 43.1 Å². The second-order valence-electron chi connectivity index (χ2n) is 7.10. The number of hydrogen-bond donors (Lipinski definition) is 1. The van der Waals surface area contributed by atoms with Crippen LogP contribution in [0.2, 0.25) is 0 Å². The highest BCUT2D eigenvalue weighted by Crippen LogP contribution is 2.30. The molecule has 0 saturated heterocycles. The van der Waals surface area contributed by atoms with Gasteiger partial charge >= 0.3 is 0 Å². The molecule has 0 aliphatic carbocycles. The first-order valence-electron chi connectivity index (χ1n) is 9.74. The molecule has 0 saturated carbocycles. The number of carbonyl (C=O) groups is 1. The van der Waals surface area contributed by atoms with Crippen LogP contribution in [0.1, 0.15) is 17.5 Å². The Labute approximate surface area is 174 Å². The van der Waals surface area contributed by atoms with Crippen molar-refractivity contribution in [3.8, 4) is 11.5 Å². The minimum atomic E-state index is -0.259. The van der Waals surface area contributed by atoms with Crippen LogP contribution in [0.4, 0.5) is 4.39 Å². The predicted molar refractivity (Wildman–Crippen MR) is 116 cm³/mol. The van der Waals surface area contributed by atoms with E-state index in [1.54, 1.807) is 43.4 Å². The third-order valence-corrected chi connectivity index (χ3v) is 5.36. The summed E-state index contributed by atoms with van der Waals surface area (Å²) in [4.78, 5) is 17.6. The summed E-state index contributed by atoms with van der Waals surface area (Å²) in [6, 6.07) is 10.2. The lowest BCUT2D eigenvalue weighted by atomic mass is 9.99. The number of H-pyrrole nitrogens is 1. The van der Waals surface area contributed by atoms with Gasteiger partial charge in [-0.3, -0.25) is 4.79 Å². The number of aromatic nitrogens is 1. The summed E-state index contributed by atoms with van der Waals surface area (Å²) in [5.74, 6) is 1.04.